The van der Waals surface area contributed by atoms with Crippen LogP contribution in [0.15, 0.2) is 0 Å². The van der Waals surface area contributed by atoms with Crippen molar-refractivity contribution in [3.05, 3.63) is 0 Å². The average Bonchev–Trinajstić information content (AvgIpc) is 1.98. The smallest absolute Gasteiger partial charge is 0.171 e. The topological polar surface area (TPSA) is 0 Å². The predicted molar refractivity (Wildman–Crippen MR) is 51.1 cm³/mol. The summed E-state index contributed by atoms with van der Waals surface area (Å²) in [6.07, 6.45) is 1.72. The maximum absolute atomic E-state index is 12.7. The lowest BCUT2D eigenvalue weighted by Gasteiger charge is -2.43. The second-order valence-corrected chi connectivity index (χ2v) is 4.44. The molecule has 0 nitrogen and oxygen atoms in total. The summed E-state index contributed by atoms with van der Waals surface area (Å²) in [6, 6.07) is 0. The summed E-state index contributed by atoms with van der Waals surface area (Å²) in [7, 11) is 0. The van der Waals surface area contributed by atoms with E-state index >= 15 is 0 Å². The van der Waals surface area contributed by atoms with Gasteiger partial charge in [0.25, 0.3) is 0 Å². The van der Waals surface area contributed by atoms with Gasteiger partial charge >= 0.3 is 6.18 Å². The molecule has 1 aliphatic rings. The van der Waals surface area contributed by atoms with E-state index in [2.05, 4.69) is 6.92 Å². The molecule has 0 spiro atoms. The Morgan fingerprint density at radius 3 is 2.07 bits per heavy atom. The van der Waals surface area contributed by atoms with Crippen LogP contribution in [0.1, 0.15) is 58.3 Å². The van der Waals surface area contributed by atoms with E-state index in [1.807, 2.05) is 0 Å². The summed E-state index contributed by atoms with van der Waals surface area (Å²) in [4.78, 5) is 0. The van der Waals surface area contributed by atoms with Gasteiger partial charge in [-0.3, -0.25) is 0 Å². The fourth-order valence-electron chi connectivity index (χ4n) is 2.17. The SMILES string of the molecule is CCCCCCC1(C(F)(F)F)CCC1. The maximum Gasteiger partial charge on any atom is 0.394 e. The zero-order valence-corrected chi connectivity index (χ0v) is 8.79. The minimum Gasteiger partial charge on any atom is -0.171 e. The fraction of sp³-hybridized carbons (Fsp3) is 1.00. The van der Waals surface area contributed by atoms with Gasteiger partial charge in [0.1, 0.15) is 0 Å². The van der Waals surface area contributed by atoms with Crippen LogP contribution in [-0.2, 0) is 0 Å². The zero-order valence-electron chi connectivity index (χ0n) is 8.79. The van der Waals surface area contributed by atoms with Crippen LogP contribution in [0.4, 0.5) is 13.2 Å². The highest BCUT2D eigenvalue weighted by Gasteiger charge is 2.57. The lowest BCUT2D eigenvalue weighted by molar-refractivity contribution is -0.253. The Labute approximate surface area is 83.9 Å². The number of unbranched alkanes of at least 4 members (excludes halogenated alkanes) is 3. The van der Waals surface area contributed by atoms with Crippen molar-refractivity contribution in [3.63, 3.8) is 0 Å². The van der Waals surface area contributed by atoms with Crippen molar-refractivity contribution >= 4 is 0 Å². The summed E-state index contributed by atoms with van der Waals surface area (Å²) in [5.74, 6) is 0. The Bertz CT molecular complexity index is 168. The van der Waals surface area contributed by atoms with E-state index in [-0.39, 0.29) is 0 Å². The van der Waals surface area contributed by atoms with Gasteiger partial charge in [-0.15, -0.1) is 0 Å². The lowest BCUT2D eigenvalue weighted by Crippen LogP contribution is -2.43. The molecule has 0 radical (unpaired) electrons. The molecule has 0 N–H and O–H groups in total. The molecule has 84 valence electrons. The van der Waals surface area contributed by atoms with Crippen molar-refractivity contribution in [1.29, 1.82) is 0 Å². The first-order valence-electron chi connectivity index (χ1n) is 5.58. The molecule has 0 aromatic heterocycles. The standard InChI is InChI=1S/C11H19F3/c1-2-3-4-5-7-10(8-6-9-10)11(12,13)14/h2-9H2,1H3. The molecule has 0 atom stereocenters. The van der Waals surface area contributed by atoms with Gasteiger partial charge in [-0.05, 0) is 19.3 Å². The Hall–Kier alpha value is -0.210. The molecule has 0 aromatic carbocycles. The first-order valence-corrected chi connectivity index (χ1v) is 5.58. The molecule has 0 amide bonds. The van der Waals surface area contributed by atoms with Crippen molar-refractivity contribution in [2.24, 2.45) is 5.41 Å². The third-order valence-electron chi connectivity index (χ3n) is 3.42. The summed E-state index contributed by atoms with van der Waals surface area (Å²) in [5.41, 5.74) is -1.29. The van der Waals surface area contributed by atoms with Crippen molar-refractivity contribution < 1.29 is 13.2 Å². The van der Waals surface area contributed by atoms with Crippen molar-refractivity contribution in [2.45, 2.75) is 64.5 Å². The molecule has 1 saturated carbocycles. The highest BCUT2D eigenvalue weighted by molar-refractivity contribution is 4.93. The largest absolute Gasteiger partial charge is 0.394 e. The molecule has 3 heteroatoms. The predicted octanol–water partition coefficient (Wildman–Crippen LogP) is 4.69. The summed E-state index contributed by atoms with van der Waals surface area (Å²) in [6.45, 7) is 2.07. The van der Waals surface area contributed by atoms with Crippen LogP contribution in [0.5, 0.6) is 0 Å². The minimum atomic E-state index is -3.96. The summed E-state index contributed by atoms with van der Waals surface area (Å²) in [5, 5.41) is 0. The zero-order chi connectivity index (χ0) is 10.7. The van der Waals surface area contributed by atoms with Crippen LogP contribution >= 0.6 is 0 Å². The van der Waals surface area contributed by atoms with E-state index in [4.69, 9.17) is 0 Å². The number of halogens is 3. The normalized spacial score (nSPS) is 20.6. The molecule has 1 aliphatic carbocycles. The molecular weight excluding hydrogens is 189 g/mol. The molecule has 0 heterocycles. The Morgan fingerprint density at radius 2 is 1.71 bits per heavy atom. The van der Waals surface area contributed by atoms with Crippen LogP contribution in [0.25, 0.3) is 0 Å². The van der Waals surface area contributed by atoms with E-state index in [0.717, 1.165) is 32.1 Å². The monoisotopic (exact) mass is 208 g/mol. The number of alkyl halides is 3. The Balaban J connectivity index is 2.32. The number of hydrogen-bond donors (Lipinski definition) is 0. The molecule has 14 heavy (non-hydrogen) atoms. The van der Waals surface area contributed by atoms with Crippen molar-refractivity contribution in [2.75, 3.05) is 0 Å². The number of rotatable bonds is 5. The highest BCUT2D eigenvalue weighted by Crippen LogP contribution is 2.56. The Kier molecular flexibility index (Phi) is 3.85. The molecular formula is C11H19F3. The highest BCUT2D eigenvalue weighted by atomic mass is 19.4. The van der Waals surface area contributed by atoms with Crippen molar-refractivity contribution in [3.8, 4) is 0 Å². The molecule has 0 aromatic rings. The molecule has 0 saturated heterocycles. The quantitative estimate of drug-likeness (QED) is 0.575. The first-order chi connectivity index (χ1) is 6.52. The lowest BCUT2D eigenvalue weighted by atomic mass is 9.65. The van der Waals surface area contributed by atoms with Crippen LogP contribution in [0.2, 0.25) is 0 Å². The van der Waals surface area contributed by atoms with Gasteiger partial charge in [0.05, 0.1) is 5.41 Å². The van der Waals surface area contributed by atoms with Crippen LogP contribution < -0.4 is 0 Å². The molecule has 1 fully saturated rings. The second-order valence-electron chi connectivity index (χ2n) is 4.44. The molecule has 0 unspecified atom stereocenters. The van der Waals surface area contributed by atoms with E-state index in [1.165, 1.54) is 0 Å². The molecule has 0 bridgehead atoms. The van der Waals surface area contributed by atoms with E-state index in [1.54, 1.807) is 0 Å². The van der Waals surface area contributed by atoms with Crippen LogP contribution in [0.3, 0.4) is 0 Å². The van der Waals surface area contributed by atoms with Gasteiger partial charge in [0.2, 0.25) is 0 Å². The van der Waals surface area contributed by atoms with Crippen LogP contribution in [0, 0.1) is 5.41 Å². The number of hydrogen-bond acceptors (Lipinski definition) is 0. The Morgan fingerprint density at radius 1 is 1.07 bits per heavy atom. The molecule has 1 rings (SSSR count). The maximum atomic E-state index is 12.7. The minimum absolute atomic E-state index is 0.358. The van der Waals surface area contributed by atoms with Gasteiger partial charge in [-0.2, -0.15) is 13.2 Å². The van der Waals surface area contributed by atoms with Crippen LogP contribution in [-0.4, -0.2) is 6.18 Å². The first kappa shape index (κ1) is 11.9. The van der Waals surface area contributed by atoms with Gasteiger partial charge in [-0.25, -0.2) is 0 Å². The summed E-state index contributed by atoms with van der Waals surface area (Å²) < 4.78 is 38.0. The van der Waals surface area contributed by atoms with Gasteiger partial charge in [0.15, 0.2) is 0 Å². The van der Waals surface area contributed by atoms with Crippen molar-refractivity contribution in [1.82, 2.24) is 0 Å². The third kappa shape index (κ3) is 2.43. The van der Waals surface area contributed by atoms with Gasteiger partial charge in [0, 0.05) is 0 Å². The van der Waals surface area contributed by atoms with Gasteiger partial charge < -0.3 is 0 Å². The van der Waals surface area contributed by atoms with E-state index < -0.39 is 11.6 Å². The van der Waals surface area contributed by atoms with E-state index in [9.17, 15) is 13.2 Å². The summed E-state index contributed by atoms with van der Waals surface area (Å²) >= 11 is 0. The molecule has 0 aliphatic heterocycles. The fourth-order valence-corrected chi connectivity index (χ4v) is 2.17. The van der Waals surface area contributed by atoms with E-state index in [0.29, 0.717) is 19.3 Å². The van der Waals surface area contributed by atoms with Gasteiger partial charge in [-0.1, -0.05) is 39.0 Å². The third-order valence-corrected chi connectivity index (χ3v) is 3.42. The second kappa shape index (κ2) is 4.54. The average molecular weight is 208 g/mol.